The van der Waals surface area contributed by atoms with Crippen LogP contribution >= 0.6 is 0 Å². The average molecular weight is 633 g/mol. The Bertz CT molecular complexity index is 2590. The standard InChI is InChI=1S/C34H21N10.Cu/c1-3-11-21(12-4-1)43-19-27-35-29-23-15-7-8-16-24(23)30(39-29)36-28-20-44(22-13-5-2-6-14-22)34(38-28)42-32-26-18-10-9-17-25(26)31(40-32)41-33(43)37-27;/h1-19H,20H2;/q-1;+2. The SMILES string of the molecule is [Cu+2].c1ccc(-n2cc3nc4[n-]c(nc5nc(nc6[n-]c(nc2n3)c2ccccc62)=[N+](c2ccccc2)C5)c2ccccc42)cc1. The van der Waals surface area contributed by atoms with E-state index in [1.807, 2.05) is 125 Å². The summed E-state index contributed by atoms with van der Waals surface area (Å²) in [5.74, 6) is 1.03. The van der Waals surface area contributed by atoms with Crippen molar-refractivity contribution >= 4 is 61.2 Å². The van der Waals surface area contributed by atoms with Crippen molar-refractivity contribution in [1.82, 2.24) is 49.0 Å². The van der Waals surface area contributed by atoms with E-state index in [1.54, 1.807) is 0 Å². The van der Waals surface area contributed by atoms with Gasteiger partial charge in [-0.3, -0.25) is 4.57 Å². The third kappa shape index (κ3) is 4.62. The number of aromatic nitrogens is 9. The molecule has 11 heteroatoms. The van der Waals surface area contributed by atoms with Crippen LogP contribution in [0.25, 0.3) is 61.2 Å². The van der Waals surface area contributed by atoms with Gasteiger partial charge in [-0.2, -0.15) is 0 Å². The van der Waals surface area contributed by atoms with Gasteiger partial charge in [-0.25, -0.2) is 9.56 Å². The van der Waals surface area contributed by atoms with E-state index in [1.165, 1.54) is 0 Å². The molecule has 45 heavy (non-hydrogen) atoms. The summed E-state index contributed by atoms with van der Waals surface area (Å²) < 4.78 is 3.94. The van der Waals surface area contributed by atoms with Crippen LogP contribution in [-0.4, -0.2) is 34.5 Å². The molecule has 8 bridgehead atoms. The molecule has 0 aliphatic carbocycles. The van der Waals surface area contributed by atoms with Crippen LogP contribution in [0.2, 0.25) is 0 Å². The minimum absolute atomic E-state index is 0. The van der Waals surface area contributed by atoms with E-state index >= 15 is 0 Å². The zero-order valence-electron chi connectivity index (χ0n) is 23.5. The van der Waals surface area contributed by atoms with Crippen LogP contribution < -0.4 is 20.2 Å². The molecule has 0 fully saturated rings. The fourth-order valence-electron chi connectivity index (χ4n) is 5.60. The molecule has 5 heterocycles. The van der Waals surface area contributed by atoms with Crippen LogP contribution in [0.4, 0.5) is 5.69 Å². The molecule has 0 amide bonds. The van der Waals surface area contributed by atoms with Crippen LogP contribution in [0.3, 0.4) is 0 Å². The molecule has 4 aromatic heterocycles. The maximum absolute atomic E-state index is 5.00. The van der Waals surface area contributed by atoms with Gasteiger partial charge in [0.15, 0.2) is 17.2 Å². The van der Waals surface area contributed by atoms with Crippen LogP contribution in [0, 0.1) is 0 Å². The van der Waals surface area contributed by atoms with Gasteiger partial charge in [0.2, 0.25) is 0 Å². The fraction of sp³-hybridized carbons (Fsp3) is 0.0294. The number of imidazole rings is 1. The van der Waals surface area contributed by atoms with E-state index in [-0.39, 0.29) is 17.1 Å². The Hall–Kier alpha value is -5.77. The topological polar surface area (TPSA) is 113 Å². The summed E-state index contributed by atoms with van der Waals surface area (Å²) in [6.07, 6.45) is 1.86. The Morgan fingerprint density at radius 3 is 1.71 bits per heavy atom. The third-order valence-corrected chi connectivity index (χ3v) is 7.66. The average Bonchev–Trinajstić information content (AvgIpc) is 3.83. The smallest absolute Gasteiger partial charge is 0.357 e. The van der Waals surface area contributed by atoms with Crippen LogP contribution in [0.1, 0.15) is 5.82 Å². The summed E-state index contributed by atoms with van der Waals surface area (Å²) in [5, 5.41) is 3.49. The first-order valence-electron chi connectivity index (χ1n) is 14.2. The second-order valence-electron chi connectivity index (χ2n) is 10.4. The van der Waals surface area contributed by atoms with E-state index in [0.29, 0.717) is 52.0 Å². The fourth-order valence-corrected chi connectivity index (χ4v) is 5.60. The molecule has 9 rings (SSSR count). The Kier molecular flexibility index (Phi) is 6.40. The molecule has 1 aliphatic rings. The maximum atomic E-state index is 5.00. The van der Waals surface area contributed by atoms with Gasteiger partial charge in [0.25, 0.3) is 0 Å². The van der Waals surface area contributed by atoms with E-state index < -0.39 is 0 Å². The quantitative estimate of drug-likeness (QED) is 0.197. The molecular weight excluding hydrogens is 612 g/mol. The van der Waals surface area contributed by atoms with Gasteiger partial charge in [-0.1, -0.05) is 94.9 Å². The second-order valence-corrected chi connectivity index (χ2v) is 10.4. The monoisotopic (exact) mass is 632 g/mol. The summed E-state index contributed by atoms with van der Waals surface area (Å²) in [4.78, 5) is 39.3. The van der Waals surface area contributed by atoms with Crippen LogP contribution in [0.5, 0.6) is 0 Å². The predicted octanol–water partition coefficient (Wildman–Crippen LogP) is 4.83. The summed E-state index contributed by atoms with van der Waals surface area (Å²) >= 11 is 0. The van der Waals surface area contributed by atoms with Gasteiger partial charge in [0.1, 0.15) is 17.9 Å². The van der Waals surface area contributed by atoms with Gasteiger partial charge < -0.3 is 24.9 Å². The molecule has 8 aromatic rings. The molecule has 1 radical (unpaired) electrons. The summed E-state index contributed by atoms with van der Waals surface area (Å²) in [6, 6.07) is 35.8. The molecule has 4 aromatic carbocycles. The van der Waals surface area contributed by atoms with Crippen molar-refractivity contribution in [2.75, 3.05) is 0 Å². The van der Waals surface area contributed by atoms with Crippen molar-refractivity contribution in [3.8, 4) is 5.69 Å². The first-order chi connectivity index (χ1) is 21.8. The van der Waals surface area contributed by atoms with E-state index in [2.05, 4.69) is 0 Å². The molecular formula is C34H21CuN10+. The largest absolute Gasteiger partial charge is 2.00 e. The molecule has 10 nitrogen and oxygen atoms in total. The normalized spacial score (nSPS) is 12.1. The molecule has 0 unspecified atom stereocenters. The van der Waals surface area contributed by atoms with Gasteiger partial charge in [0, 0.05) is 34.2 Å². The zero-order valence-corrected chi connectivity index (χ0v) is 24.4. The van der Waals surface area contributed by atoms with Crippen molar-refractivity contribution in [3.05, 3.63) is 127 Å². The Morgan fingerprint density at radius 2 is 1.07 bits per heavy atom. The van der Waals surface area contributed by atoms with E-state index in [0.717, 1.165) is 32.9 Å². The Labute approximate surface area is 265 Å². The van der Waals surface area contributed by atoms with Crippen molar-refractivity contribution in [3.63, 3.8) is 0 Å². The van der Waals surface area contributed by atoms with Gasteiger partial charge in [0.05, 0.1) is 0 Å². The summed E-state index contributed by atoms with van der Waals surface area (Å²) in [6.45, 7) is 0.427. The van der Waals surface area contributed by atoms with Gasteiger partial charge in [-0.15, -0.1) is 0 Å². The zero-order chi connectivity index (χ0) is 29.0. The van der Waals surface area contributed by atoms with Crippen LogP contribution in [0.15, 0.2) is 115 Å². The molecule has 0 N–H and O–H groups in total. The number of hydrogen-bond acceptors (Lipinski definition) is 6. The number of hydrogen-bond donors (Lipinski definition) is 0. The first kappa shape index (κ1) is 26.8. The number of benzene rings is 4. The summed E-state index contributed by atoms with van der Waals surface area (Å²) in [7, 11) is 0. The van der Waals surface area contributed by atoms with Crippen molar-refractivity contribution in [2.24, 2.45) is 0 Å². The Balaban J connectivity index is 0.00000300. The van der Waals surface area contributed by atoms with Crippen molar-refractivity contribution in [2.45, 2.75) is 6.54 Å². The van der Waals surface area contributed by atoms with Crippen molar-refractivity contribution in [1.29, 1.82) is 0 Å². The summed E-state index contributed by atoms with van der Waals surface area (Å²) in [5.41, 5.74) is 4.93. The Morgan fingerprint density at radius 1 is 0.533 bits per heavy atom. The van der Waals surface area contributed by atoms with Crippen LogP contribution in [-0.2, 0) is 23.6 Å². The predicted molar refractivity (Wildman–Crippen MR) is 168 cm³/mol. The number of nitrogens with zero attached hydrogens (tertiary/aromatic N) is 10. The minimum Gasteiger partial charge on any atom is -0.357 e. The molecule has 217 valence electrons. The molecule has 0 saturated carbocycles. The second kappa shape index (κ2) is 10.7. The number of rotatable bonds is 2. The molecule has 1 aliphatic heterocycles. The van der Waals surface area contributed by atoms with Crippen molar-refractivity contribution < 1.29 is 17.1 Å². The van der Waals surface area contributed by atoms with E-state index in [9.17, 15) is 0 Å². The first-order valence-corrected chi connectivity index (χ1v) is 14.2. The molecule has 0 atom stereocenters. The van der Waals surface area contributed by atoms with Gasteiger partial charge >= 0.3 is 22.7 Å². The number of para-hydroxylation sites is 2. The van der Waals surface area contributed by atoms with E-state index in [4.69, 9.17) is 39.9 Å². The molecule has 0 spiro atoms. The third-order valence-electron chi connectivity index (χ3n) is 7.66. The van der Waals surface area contributed by atoms with Gasteiger partial charge in [-0.05, 0) is 40.4 Å². The molecule has 0 saturated heterocycles. The maximum Gasteiger partial charge on any atom is 2.00 e. The minimum atomic E-state index is 0. The number of fused-ring (bicyclic) bond motifs is 14.